The number of anilines is 1. The summed E-state index contributed by atoms with van der Waals surface area (Å²) in [4.78, 5) is 12.0. The van der Waals surface area contributed by atoms with E-state index >= 15 is 0 Å². The molecule has 7 heteroatoms. The number of carbonyl (C=O) groups excluding carboxylic acids is 1. The number of hydrogen-bond donors (Lipinski definition) is 3. The number of amides is 2. The van der Waals surface area contributed by atoms with Crippen molar-refractivity contribution in [2.75, 3.05) is 18.2 Å². The van der Waals surface area contributed by atoms with Gasteiger partial charge in [-0.25, -0.2) is 9.18 Å². The molecular weight excluding hydrogens is 295 g/mol. The maximum atomic E-state index is 13.7. The van der Waals surface area contributed by atoms with Gasteiger partial charge in [0.15, 0.2) is 0 Å². The molecule has 1 unspecified atom stereocenters. The number of urea groups is 1. The Bertz CT molecular complexity index is 559. The Kier molecular flexibility index (Phi) is 4.95. The third kappa shape index (κ3) is 3.79. The van der Waals surface area contributed by atoms with E-state index in [0.29, 0.717) is 0 Å². The summed E-state index contributed by atoms with van der Waals surface area (Å²) >= 11 is 0. The van der Waals surface area contributed by atoms with Gasteiger partial charge in [0, 0.05) is 11.9 Å². The molecule has 1 aromatic rings. The molecule has 1 aliphatic rings. The lowest BCUT2D eigenvalue weighted by atomic mass is 9.99. The van der Waals surface area contributed by atoms with Gasteiger partial charge in [-0.3, -0.25) is 4.21 Å². The summed E-state index contributed by atoms with van der Waals surface area (Å²) in [5.74, 6) is -0.619. The Morgan fingerprint density at radius 1 is 1.43 bits per heavy atom. The second kappa shape index (κ2) is 6.53. The van der Waals surface area contributed by atoms with E-state index in [-0.39, 0.29) is 17.2 Å². The van der Waals surface area contributed by atoms with Crippen LogP contribution in [0.15, 0.2) is 23.1 Å². The van der Waals surface area contributed by atoms with Crippen molar-refractivity contribution in [3.05, 3.63) is 24.0 Å². The minimum Gasteiger partial charge on any atom is -0.394 e. The molecule has 1 aromatic carbocycles. The first kappa shape index (κ1) is 15.9. The number of nitrogens with one attached hydrogen (secondary N) is 2. The van der Waals surface area contributed by atoms with Crippen LogP contribution in [0, 0.1) is 5.82 Å². The monoisotopic (exact) mass is 314 g/mol. The molecule has 3 N–H and O–H groups in total. The average Bonchev–Trinajstić information content (AvgIpc) is 2.87. The molecule has 0 spiro atoms. The fourth-order valence-electron chi connectivity index (χ4n) is 2.59. The fourth-order valence-corrected chi connectivity index (χ4v) is 3.18. The van der Waals surface area contributed by atoms with Gasteiger partial charge in [-0.15, -0.1) is 0 Å². The van der Waals surface area contributed by atoms with Gasteiger partial charge >= 0.3 is 6.03 Å². The van der Waals surface area contributed by atoms with E-state index < -0.39 is 28.2 Å². The van der Waals surface area contributed by atoms with Crippen LogP contribution < -0.4 is 10.6 Å². The van der Waals surface area contributed by atoms with Crippen LogP contribution in [0.2, 0.25) is 0 Å². The van der Waals surface area contributed by atoms with Gasteiger partial charge in [0.25, 0.3) is 0 Å². The molecule has 2 amide bonds. The molecule has 1 fully saturated rings. The van der Waals surface area contributed by atoms with Gasteiger partial charge in [0.1, 0.15) is 5.82 Å². The summed E-state index contributed by atoms with van der Waals surface area (Å²) in [6.07, 6.45) is 4.79. The zero-order valence-corrected chi connectivity index (χ0v) is 12.6. The Morgan fingerprint density at radius 3 is 2.62 bits per heavy atom. The maximum absolute atomic E-state index is 13.7. The number of halogens is 1. The normalized spacial score (nSPS) is 18.2. The molecule has 5 nitrogen and oxygen atoms in total. The van der Waals surface area contributed by atoms with Gasteiger partial charge in [-0.05, 0) is 31.0 Å². The lowest BCUT2D eigenvalue weighted by Crippen LogP contribution is -2.50. The number of benzene rings is 1. The number of rotatable bonds is 4. The number of hydrogen-bond acceptors (Lipinski definition) is 3. The molecule has 0 aromatic heterocycles. The Morgan fingerprint density at radius 2 is 2.10 bits per heavy atom. The zero-order chi connectivity index (χ0) is 15.5. The quantitative estimate of drug-likeness (QED) is 0.795. The van der Waals surface area contributed by atoms with Crippen LogP contribution in [0.1, 0.15) is 25.7 Å². The van der Waals surface area contributed by atoms with Gasteiger partial charge in [-0.2, -0.15) is 0 Å². The summed E-state index contributed by atoms with van der Waals surface area (Å²) in [7, 11) is -1.41. The summed E-state index contributed by atoms with van der Waals surface area (Å²) in [5, 5.41) is 14.7. The average molecular weight is 314 g/mol. The van der Waals surface area contributed by atoms with Crippen molar-refractivity contribution in [3.8, 4) is 0 Å². The number of aliphatic hydroxyl groups is 1. The van der Waals surface area contributed by atoms with Crippen molar-refractivity contribution in [2.24, 2.45) is 0 Å². The molecule has 0 heterocycles. The molecule has 0 saturated heterocycles. The van der Waals surface area contributed by atoms with Crippen LogP contribution in [0.3, 0.4) is 0 Å². The van der Waals surface area contributed by atoms with Crippen LogP contribution >= 0.6 is 0 Å². The minimum atomic E-state index is -1.41. The highest BCUT2D eigenvalue weighted by Gasteiger charge is 2.34. The standard InChI is InChI=1S/C14H19FN2O3S/c1-21(20)12-5-4-10(8-11(12)15)16-13(19)17-14(9-18)6-2-3-7-14/h4-5,8,18H,2-3,6-7,9H2,1H3,(H2,16,17,19). The van der Waals surface area contributed by atoms with E-state index in [9.17, 15) is 18.5 Å². The van der Waals surface area contributed by atoms with Crippen LogP contribution in [-0.2, 0) is 10.8 Å². The highest BCUT2D eigenvalue weighted by molar-refractivity contribution is 7.84. The summed E-state index contributed by atoms with van der Waals surface area (Å²) in [5.41, 5.74) is -0.293. The van der Waals surface area contributed by atoms with Crippen LogP contribution in [0.25, 0.3) is 0 Å². The first-order valence-electron chi connectivity index (χ1n) is 6.79. The molecule has 0 bridgehead atoms. The van der Waals surface area contributed by atoms with E-state index in [2.05, 4.69) is 10.6 Å². The predicted octanol–water partition coefficient (Wildman–Crippen LogP) is 1.99. The van der Waals surface area contributed by atoms with Gasteiger partial charge < -0.3 is 15.7 Å². The Labute approximate surface area is 125 Å². The smallest absolute Gasteiger partial charge is 0.319 e. The molecule has 21 heavy (non-hydrogen) atoms. The number of carbonyl (C=O) groups is 1. The van der Waals surface area contributed by atoms with Crippen molar-refractivity contribution in [2.45, 2.75) is 36.1 Å². The van der Waals surface area contributed by atoms with E-state index in [1.807, 2.05) is 0 Å². The molecular formula is C14H19FN2O3S. The lowest BCUT2D eigenvalue weighted by Gasteiger charge is -2.28. The highest BCUT2D eigenvalue weighted by Crippen LogP contribution is 2.29. The Balaban J connectivity index is 2.03. The highest BCUT2D eigenvalue weighted by atomic mass is 32.2. The molecule has 1 aliphatic carbocycles. The second-order valence-electron chi connectivity index (χ2n) is 5.32. The summed E-state index contributed by atoms with van der Waals surface area (Å²) in [6.45, 7) is -0.109. The number of aliphatic hydroxyl groups excluding tert-OH is 1. The van der Waals surface area contributed by atoms with Crippen molar-refractivity contribution >= 4 is 22.5 Å². The third-order valence-corrected chi connectivity index (χ3v) is 4.69. The first-order chi connectivity index (χ1) is 9.96. The molecule has 116 valence electrons. The van der Waals surface area contributed by atoms with Gasteiger partial charge in [0.05, 0.1) is 27.8 Å². The van der Waals surface area contributed by atoms with E-state index in [1.165, 1.54) is 18.4 Å². The predicted molar refractivity (Wildman–Crippen MR) is 79.2 cm³/mol. The van der Waals surface area contributed by atoms with Gasteiger partial charge in [-0.1, -0.05) is 12.8 Å². The SMILES string of the molecule is CS(=O)c1ccc(NC(=O)NC2(CO)CCCC2)cc1F. The van der Waals surface area contributed by atoms with Crippen LogP contribution in [-0.4, -0.2) is 33.7 Å². The lowest BCUT2D eigenvalue weighted by molar-refractivity contribution is 0.167. The first-order valence-corrected chi connectivity index (χ1v) is 8.35. The van der Waals surface area contributed by atoms with Crippen LogP contribution in [0.5, 0.6) is 0 Å². The zero-order valence-electron chi connectivity index (χ0n) is 11.8. The van der Waals surface area contributed by atoms with E-state index in [0.717, 1.165) is 31.7 Å². The van der Waals surface area contributed by atoms with Crippen molar-refractivity contribution in [3.63, 3.8) is 0 Å². The van der Waals surface area contributed by atoms with Crippen molar-refractivity contribution in [1.82, 2.24) is 5.32 Å². The largest absolute Gasteiger partial charge is 0.394 e. The molecule has 2 rings (SSSR count). The summed E-state index contributed by atoms with van der Waals surface area (Å²) < 4.78 is 24.9. The van der Waals surface area contributed by atoms with Crippen molar-refractivity contribution in [1.29, 1.82) is 0 Å². The van der Waals surface area contributed by atoms with E-state index in [4.69, 9.17) is 0 Å². The topological polar surface area (TPSA) is 78.4 Å². The van der Waals surface area contributed by atoms with Gasteiger partial charge in [0.2, 0.25) is 0 Å². The summed E-state index contributed by atoms with van der Waals surface area (Å²) in [6, 6.07) is 3.55. The fraction of sp³-hybridized carbons (Fsp3) is 0.500. The molecule has 0 aliphatic heterocycles. The minimum absolute atomic E-state index is 0.101. The third-order valence-electron chi connectivity index (χ3n) is 3.74. The van der Waals surface area contributed by atoms with E-state index in [1.54, 1.807) is 0 Å². The molecule has 0 radical (unpaired) electrons. The Hall–Kier alpha value is -1.47. The maximum Gasteiger partial charge on any atom is 0.319 e. The van der Waals surface area contributed by atoms with Crippen molar-refractivity contribution < 1.29 is 18.5 Å². The van der Waals surface area contributed by atoms with Crippen LogP contribution in [0.4, 0.5) is 14.9 Å². The molecule has 1 saturated carbocycles. The molecule has 1 atom stereocenters. The second-order valence-corrected chi connectivity index (χ2v) is 6.67.